The summed E-state index contributed by atoms with van der Waals surface area (Å²) in [6.45, 7) is 4.22. The minimum atomic E-state index is -3.13. The Morgan fingerprint density at radius 1 is 1.14 bits per heavy atom. The second-order valence-corrected chi connectivity index (χ2v) is 10.7. The van der Waals surface area contributed by atoms with Crippen LogP contribution < -0.4 is 20.1 Å². The number of carbonyl (C=O) groups is 2. The maximum absolute atomic E-state index is 13.8. The van der Waals surface area contributed by atoms with E-state index in [0.717, 1.165) is 55.2 Å². The number of hydrogen-bond donors (Lipinski definition) is 2. The largest absolute Gasteiger partial charge is 0.493 e. The molecule has 0 saturated carbocycles. The van der Waals surface area contributed by atoms with E-state index in [0.29, 0.717) is 29.0 Å². The minimum absolute atomic E-state index is 0.279. The zero-order valence-electron chi connectivity index (χ0n) is 23.9. The molecular weight excluding hydrogens is 558 g/mol. The Morgan fingerprint density at radius 3 is 2.67 bits per heavy atom. The van der Waals surface area contributed by atoms with E-state index >= 15 is 0 Å². The number of halogens is 2. The van der Waals surface area contributed by atoms with Gasteiger partial charge in [0, 0.05) is 50.7 Å². The van der Waals surface area contributed by atoms with Crippen molar-refractivity contribution < 1.29 is 27.8 Å². The van der Waals surface area contributed by atoms with Crippen LogP contribution in [0.4, 0.5) is 8.78 Å². The third-order valence-corrected chi connectivity index (χ3v) is 7.71. The Labute approximate surface area is 248 Å². The number of amides is 2. The number of alkyl halides is 2. The summed E-state index contributed by atoms with van der Waals surface area (Å²) in [6.07, 6.45) is 1.66. The van der Waals surface area contributed by atoms with Crippen molar-refractivity contribution in [2.24, 2.45) is 0 Å². The molecule has 12 heteroatoms. The van der Waals surface area contributed by atoms with Crippen LogP contribution >= 0.6 is 0 Å². The van der Waals surface area contributed by atoms with Crippen LogP contribution in [0.1, 0.15) is 23.2 Å². The fraction of sp³-hybridized carbons (Fsp3) is 0.419. The molecule has 43 heavy (non-hydrogen) atoms. The molecule has 3 heterocycles. The summed E-state index contributed by atoms with van der Waals surface area (Å²) in [4.78, 5) is 33.3. The van der Waals surface area contributed by atoms with Crippen LogP contribution in [0, 0.1) is 11.3 Å². The number of benzene rings is 2. The van der Waals surface area contributed by atoms with Crippen LogP contribution in [0.25, 0.3) is 22.0 Å². The Hall–Kier alpha value is -4.34. The lowest BCUT2D eigenvalue weighted by atomic mass is 10.00. The Kier molecular flexibility index (Phi) is 9.33. The van der Waals surface area contributed by atoms with Gasteiger partial charge in [-0.05, 0) is 47.9 Å². The number of nitrogens with one attached hydrogen (secondary N) is 2. The summed E-state index contributed by atoms with van der Waals surface area (Å²) >= 11 is 0. The predicted molar refractivity (Wildman–Crippen MR) is 156 cm³/mol. The molecule has 0 radical (unpaired) electrons. The number of carbonyl (C=O) groups excluding carboxylic acids is 2. The Morgan fingerprint density at radius 2 is 1.91 bits per heavy atom. The summed E-state index contributed by atoms with van der Waals surface area (Å²) in [7, 11) is 1.59. The van der Waals surface area contributed by atoms with Crippen LogP contribution in [0.2, 0.25) is 0 Å². The molecule has 2 amide bonds. The minimum Gasteiger partial charge on any atom is -0.493 e. The quantitative estimate of drug-likeness (QED) is 0.345. The van der Waals surface area contributed by atoms with E-state index in [-0.39, 0.29) is 5.56 Å². The van der Waals surface area contributed by atoms with Crippen LogP contribution in [-0.2, 0) is 4.79 Å². The molecule has 0 aliphatic carbocycles. The molecule has 2 saturated heterocycles. The van der Waals surface area contributed by atoms with Crippen molar-refractivity contribution in [1.29, 1.82) is 5.26 Å². The number of rotatable bonds is 10. The van der Waals surface area contributed by atoms with Crippen molar-refractivity contribution in [3.05, 3.63) is 54.2 Å². The van der Waals surface area contributed by atoms with Crippen molar-refractivity contribution in [2.75, 3.05) is 59.5 Å². The van der Waals surface area contributed by atoms with E-state index < -0.39 is 43.3 Å². The molecular formula is C31H34F2N6O4. The van der Waals surface area contributed by atoms with Gasteiger partial charge in [0.15, 0.2) is 11.5 Å². The van der Waals surface area contributed by atoms with Gasteiger partial charge in [-0.1, -0.05) is 12.1 Å². The molecule has 0 unspecified atom stereocenters. The summed E-state index contributed by atoms with van der Waals surface area (Å²) in [5, 5.41) is 15.6. The van der Waals surface area contributed by atoms with E-state index in [9.17, 15) is 23.6 Å². The summed E-state index contributed by atoms with van der Waals surface area (Å²) in [5.74, 6) is -3.19. The van der Waals surface area contributed by atoms with E-state index in [4.69, 9.17) is 9.47 Å². The lowest BCUT2D eigenvalue weighted by molar-refractivity contribution is -0.131. The highest BCUT2D eigenvalue weighted by atomic mass is 19.3. The van der Waals surface area contributed by atoms with E-state index in [2.05, 4.69) is 20.5 Å². The maximum atomic E-state index is 13.8. The van der Waals surface area contributed by atoms with Crippen LogP contribution in [0.3, 0.4) is 0 Å². The third kappa shape index (κ3) is 7.18. The van der Waals surface area contributed by atoms with Gasteiger partial charge >= 0.3 is 0 Å². The molecule has 2 aliphatic rings. The summed E-state index contributed by atoms with van der Waals surface area (Å²) in [5.41, 5.74) is 2.52. The van der Waals surface area contributed by atoms with Gasteiger partial charge < -0.3 is 29.9 Å². The average Bonchev–Trinajstić information content (AvgIpc) is 3.36. The van der Waals surface area contributed by atoms with Crippen LogP contribution in [0.15, 0.2) is 48.7 Å². The number of likely N-dealkylation sites (tertiary alicyclic amines) is 1. The summed E-state index contributed by atoms with van der Waals surface area (Å²) < 4.78 is 39.2. The predicted octanol–water partition coefficient (Wildman–Crippen LogP) is 3.07. The number of aromatic nitrogens is 1. The number of nitriles is 1. The van der Waals surface area contributed by atoms with Crippen molar-refractivity contribution in [3.63, 3.8) is 0 Å². The normalized spacial score (nSPS) is 18.3. The molecule has 2 fully saturated rings. The monoisotopic (exact) mass is 592 g/mol. The lowest BCUT2D eigenvalue weighted by Crippen LogP contribution is -2.43. The SMILES string of the molecule is COc1ccc(-c2ccc3nccc(C(=O)NCC(=O)N4CC(F)(F)C[C@H]4C#N)c3c2)cc1OCCCN1CCNCC1. The first kappa shape index (κ1) is 30.1. The molecule has 2 aliphatic heterocycles. The molecule has 5 rings (SSSR count). The first-order valence-electron chi connectivity index (χ1n) is 14.3. The Bertz CT molecular complexity index is 1520. The van der Waals surface area contributed by atoms with Crippen LogP contribution in [0.5, 0.6) is 11.5 Å². The summed E-state index contributed by atoms with van der Waals surface area (Å²) in [6, 6.07) is 13.2. The number of pyridine rings is 1. The molecule has 10 nitrogen and oxygen atoms in total. The smallest absolute Gasteiger partial charge is 0.268 e. The second-order valence-electron chi connectivity index (χ2n) is 10.7. The highest BCUT2D eigenvalue weighted by Gasteiger charge is 2.47. The number of hydrogen-bond acceptors (Lipinski definition) is 8. The number of methoxy groups -OCH3 is 1. The van der Waals surface area contributed by atoms with Gasteiger partial charge in [-0.3, -0.25) is 14.6 Å². The number of ether oxygens (including phenoxy) is 2. The fourth-order valence-electron chi connectivity index (χ4n) is 5.44. The molecule has 0 bridgehead atoms. The van der Waals surface area contributed by atoms with Crippen molar-refractivity contribution in [3.8, 4) is 28.7 Å². The highest BCUT2D eigenvalue weighted by Crippen LogP contribution is 2.34. The maximum Gasteiger partial charge on any atom is 0.268 e. The van der Waals surface area contributed by atoms with Gasteiger partial charge in [0.25, 0.3) is 11.8 Å². The zero-order chi connectivity index (χ0) is 30.4. The van der Waals surface area contributed by atoms with Gasteiger partial charge in [0.1, 0.15) is 6.04 Å². The van der Waals surface area contributed by atoms with Crippen LogP contribution in [-0.4, -0.2) is 98.1 Å². The zero-order valence-corrected chi connectivity index (χ0v) is 23.9. The number of nitrogens with zero attached hydrogens (tertiary/aromatic N) is 4. The van der Waals surface area contributed by atoms with Gasteiger partial charge in [-0.25, -0.2) is 8.78 Å². The average molecular weight is 593 g/mol. The van der Waals surface area contributed by atoms with Crippen molar-refractivity contribution >= 4 is 22.7 Å². The molecule has 1 atom stereocenters. The van der Waals surface area contributed by atoms with E-state index in [1.165, 1.54) is 12.3 Å². The van der Waals surface area contributed by atoms with Gasteiger partial charge in [0.2, 0.25) is 5.91 Å². The van der Waals surface area contributed by atoms with Crippen molar-refractivity contribution in [2.45, 2.75) is 24.8 Å². The van der Waals surface area contributed by atoms with Crippen molar-refractivity contribution in [1.82, 2.24) is 25.4 Å². The molecule has 2 aromatic carbocycles. The third-order valence-electron chi connectivity index (χ3n) is 7.71. The first-order valence-corrected chi connectivity index (χ1v) is 14.3. The van der Waals surface area contributed by atoms with E-state index in [1.807, 2.05) is 30.3 Å². The molecule has 0 spiro atoms. The number of piperazine rings is 1. The first-order chi connectivity index (χ1) is 20.8. The van der Waals surface area contributed by atoms with Gasteiger partial charge in [0.05, 0.1) is 44.0 Å². The topological polar surface area (TPSA) is 120 Å². The van der Waals surface area contributed by atoms with Gasteiger partial charge in [-0.15, -0.1) is 0 Å². The molecule has 2 N–H and O–H groups in total. The second kappa shape index (κ2) is 13.3. The molecule has 3 aromatic rings. The molecule has 1 aromatic heterocycles. The van der Waals surface area contributed by atoms with Gasteiger partial charge in [-0.2, -0.15) is 5.26 Å². The Balaban J connectivity index is 1.29. The molecule has 226 valence electrons. The highest BCUT2D eigenvalue weighted by molar-refractivity contribution is 6.07. The number of fused-ring (bicyclic) bond motifs is 1. The standard InChI is InChI=1S/C31H34F2N6O4/c1-42-27-6-4-22(16-28(27)43-14-2-11-38-12-9-35-10-13-38)21-3-5-26-25(15-21)24(7-8-36-26)30(41)37-19-29(40)39-20-31(32,33)17-23(39)18-34/h3-8,15-16,23,35H,2,9-14,17,19-20H2,1H3,(H,37,41)/t23-/m0/s1. The van der Waals surface area contributed by atoms with E-state index in [1.54, 1.807) is 19.2 Å². The lowest BCUT2D eigenvalue weighted by Gasteiger charge is -2.27. The fourth-order valence-corrected chi connectivity index (χ4v) is 5.44.